The highest BCUT2D eigenvalue weighted by atomic mass is 19.1. The van der Waals surface area contributed by atoms with Crippen molar-refractivity contribution >= 4 is 11.7 Å². The smallest absolute Gasteiger partial charge is 0.242 e. The third kappa shape index (κ3) is 6.78. The number of amides is 1. The van der Waals surface area contributed by atoms with E-state index in [-0.39, 0.29) is 11.9 Å². The van der Waals surface area contributed by atoms with Crippen LogP contribution in [0.4, 0.5) is 14.6 Å². The predicted octanol–water partition coefficient (Wildman–Crippen LogP) is 6.07. The fourth-order valence-corrected chi connectivity index (χ4v) is 6.30. The fraction of sp³-hybridized carbons (Fsp3) is 0.500. The minimum Gasteiger partial charge on any atom is -0.310 e. The molecule has 1 amide bonds. The van der Waals surface area contributed by atoms with Crippen LogP contribution in [0.25, 0.3) is 5.69 Å². The predicted molar refractivity (Wildman–Crippen MR) is 154 cm³/mol. The molecule has 2 aromatic carbocycles. The molecule has 3 N–H and O–H groups in total. The highest BCUT2D eigenvalue weighted by Crippen LogP contribution is 2.27. The second-order valence-electron chi connectivity index (χ2n) is 11.5. The molecule has 8 heteroatoms. The van der Waals surface area contributed by atoms with Gasteiger partial charge in [0.1, 0.15) is 18.0 Å². The van der Waals surface area contributed by atoms with Crippen LogP contribution >= 0.6 is 0 Å². The fourth-order valence-electron chi connectivity index (χ4n) is 6.30. The summed E-state index contributed by atoms with van der Waals surface area (Å²) in [6.07, 6.45) is 11.9. The summed E-state index contributed by atoms with van der Waals surface area (Å²) in [5.41, 5.74) is 3.49. The molecule has 0 spiro atoms. The van der Waals surface area contributed by atoms with Crippen molar-refractivity contribution in [3.05, 3.63) is 77.2 Å². The number of anilines is 1. The zero-order valence-electron chi connectivity index (χ0n) is 23.6. The molecule has 1 heterocycles. The number of carbonyl (C=O) groups is 1. The Bertz CT molecular complexity index is 1310. The van der Waals surface area contributed by atoms with Crippen LogP contribution in [0.5, 0.6) is 0 Å². The van der Waals surface area contributed by atoms with E-state index in [1.807, 2.05) is 23.8 Å². The van der Waals surface area contributed by atoms with E-state index in [1.165, 1.54) is 37.3 Å². The number of nitrogens with zero attached hydrogens (tertiary/aromatic N) is 2. The van der Waals surface area contributed by atoms with E-state index in [9.17, 15) is 13.6 Å². The Balaban J connectivity index is 1.22. The second kappa shape index (κ2) is 13.0. The Morgan fingerprint density at radius 1 is 1.15 bits per heavy atom. The summed E-state index contributed by atoms with van der Waals surface area (Å²) in [6.45, 7) is 5.15. The van der Waals surface area contributed by atoms with E-state index >= 15 is 0 Å². The number of nitrogens with one attached hydrogen (secondary N) is 3. The van der Waals surface area contributed by atoms with Gasteiger partial charge in [-0.05, 0) is 73.3 Å². The number of rotatable bonds is 10. The third-order valence-electron chi connectivity index (χ3n) is 8.57. The SMILES string of the molecule is CCC[C@@H](N[C@H]1CCc2cc(F)cc(F)c2C1)C(=O)Nc1cn(-c2ccccc2CNC2CCCCC2C)cn1. The molecule has 0 radical (unpaired) electrons. The van der Waals surface area contributed by atoms with E-state index in [4.69, 9.17) is 0 Å². The van der Waals surface area contributed by atoms with E-state index in [2.05, 4.69) is 46.1 Å². The molecule has 4 atom stereocenters. The highest BCUT2D eigenvalue weighted by molar-refractivity contribution is 5.94. The van der Waals surface area contributed by atoms with Gasteiger partial charge in [-0.1, -0.05) is 51.3 Å². The maximum absolute atomic E-state index is 14.4. The van der Waals surface area contributed by atoms with Gasteiger partial charge in [-0.2, -0.15) is 0 Å². The van der Waals surface area contributed by atoms with Gasteiger partial charge in [0.25, 0.3) is 0 Å². The van der Waals surface area contributed by atoms with Crippen molar-refractivity contribution < 1.29 is 13.6 Å². The summed E-state index contributed by atoms with van der Waals surface area (Å²) in [6, 6.07) is 10.7. The molecule has 5 rings (SSSR count). The van der Waals surface area contributed by atoms with Gasteiger partial charge in [-0.15, -0.1) is 0 Å². The maximum Gasteiger partial charge on any atom is 0.242 e. The lowest BCUT2D eigenvalue weighted by Gasteiger charge is -2.30. The number of hydrogen-bond acceptors (Lipinski definition) is 4. The van der Waals surface area contributed by atoms with Gasteiger partial charge in [0.05, 0.1) is 17.9 Å². The van der Waals surface area contributed by atoms with Gasteiger partial charge in [0, 0.05) is 24.7 Å². The molecule has 40 heavy (non-hydrogen) atoms. The number of hydrogen-bond donors (Lipinski definition) is 3. The molecule has 6 nitrogen and oxygen atoms in total. The zero-order valence-corrected chi connectivity index (χ0v) is 23.6. The first-order chi connectivity index (χ1) is 19.4. The monoisotopic (exact) mass is 549 g/mol. The molecule has 1 saturated carbocycles. The molecule has 214 valence electrons. The Morgan fingerprint density at radius 3 is 2.80 bits per heavy atom. The molecule has 0 saturated heterocycles. The van der Waals surface area contributed by atoms with Crippen molar-refractivity contribution in [1.29, 1.82) is 0 Å². The number of para-hydroxylation sites is 1. The summed E-state index contributed by atoms with van der Waals surface area (Å²) in [4.78, 5) is 17.8. The Morgan fingerprint density at radius 2 is 1.98 bits per heavy atom. The molecular weight excluding hydrogens is 508 g/mol. The van der Waals surface area contributed by atoms with E-state index in [0.717, 1.165) is 36.7 Å². The van der Waals surface area contributed by atoms with E-state index < -0.39 is 17.7 Å². The number of halogens is 2. The average Bonchev–Trinajstić information content (AvgIpc) is 3.41. The normalized spacial score (nSPS) is 21.6. The highest BCUT2D eigenvalue weighted by Gasteiger charge is 2.27. The number of imidazole rings is 1. The van der Waals surface area contributed by atoms with Gasteiger partial charge in [0.15, 0.2) is 5.82 Å². The molecule has 2 aliphatic carbocycles. The third-order valence-corrected chi connectivity index (χ3v) is 8.57. The van der Waals surface area contributed by atoms with Crippen LogP contribution in [0.15, 0.2) is 48.9 Å². The topological polar surface area (TPSA) is 71.0 Å². The summed E-state index contributed by atoms with van der Waals surface area (Å²) in [5.74, 6) is -0.0212. The minimum atomic E-state index is -0.539. The van der Waals surface area contributed by atoms with Crippen LogP contribution in [-0.2, 0) is 24.2 Å². The van der Waals surface area contributed by atoms with Crippen molar-refractivity contribution in [1.82, 2.24) is 20.2 Å². The van der Waals surface area contributed by atoms with Crippen LogP contribution in [0.2, 0.25) is 0 Å². The van der Waals surface area contributed by atoms with Crippen LogP contribution in [0.3, 0.4) is 0 Å². The lowest BCUT2D eigenvalue weighted by atomic mass is 9.86. The zero-order chi connectivity index (χ0) is 28.1. The molecule has 0 bridgehead atoms. The lowest BCUT2D eigenvalue weighted by molar-refractivity contribution is -0.118. The average molecular weight is 550 g/mol. The van der Waals surface area contributed by atoms with Crippen LogP contribution in [0, 0.1) is 17.6 Å². The Kier molecular flexibility index (Phi) is 9.27. The van der Waals surface area contributed by atoms with Crippen molar-refractivity contribution in [3.8, 4) is 5.69 Å². The van der Waals surface area contributed by atoms with E-state index in [1.54, 1.807) is 6.33 Å². The summed E-state index contributed by atoms with van der Waals surface area (Å²) >= 11 is 0. The van der Waals surface area contributed by atoms with Crippen molar-refractivity contribution in [3.63, 3.8) is 0 Å². The lowest BCUT2D eigenvalue weighted by Crippen LogP contribution is -2.48. The molecule has 1 fully saturated rings. The quantitative estimate of drug-likeness (QED) is 0.287. The number of aryl methyl sites for hydroxylation is 1. The molecule has 1 aromatic heterocycles. The van der Waals surface area contributed by atoms with E-state index in [0.29, 0.717) is 42.6 Å². The maximum atomic E-state index is 14.4. The molecular formula is C32H41F2N5O. The number of aromatic nitrogens is 2. The second-order valence-corrected chi connectivity index (χ2v) is 11.5. The summed E-state index contributed by atoms with van der Waals surface area (Å²) in [5, 5.41) is 10.2. The van der Waals surface area contributed by atoms with Crippen molar-refractivity contribution in [2.24, 2.45) is 5.92 Å². The first-order valence-electron chi connectivity index (χ1n) is 14.8. The standard InChI is InChI=1S/C32H41F2N5O/c1-3-8-29(37-25-14-13-22-15-24(33)16-27(34)26(22)17-25)32(40)38-31-19-39(20-36-31)30-12-7-5-10-23(30)18-35-28-11-6-4-9-21(28)2/h5,7,10,12,15-16,19-21,25,28-29,35,37H,3-4,6,8-9,11,13-14,17-18H2,1-2H3,(H,38,40)/t21?,25-,28?,29+/m0/s1. The molecule has 2 unspecified atom stereocenters. The minimum absolute atomic E-state index is 0.0569. The Hall–Kier alpha value is -3.10. The number of fused-ring (bicyclic) bond motifs is 1. The number of benzene rings is 2. The van der Waals surface area contributed by atoms with Gasteiger partial charge in [0.2, 0.25) is 5.91 Å². The first-order valence-corrected chi connectivity index (χ1v) is 14.8. The van der Waals surface area contributed by atoms with Crippen molar-refractivity contribution in [2.45, 2.75) is 96.3 Å². The largest absolute Gasteiger partial charge is 0.310 e. The van der Waals surface area contributed by atoms with Gasteiger partial charge < -0.3 is 20.5 Å². The van der Waals surface area contributed by atoms with Gasteiger partial charge in [-0.25, -0.2) is 13.8 Å². The molecule has 3 aromatic rings. The summed E-state index contributed by atoms with van der Waals surface area (Å²) < 4.78 is 30.0. The number of carbonyl (C=O) groups excluding carboxylic acids is 1. The Labute approximate surface area is 236 Å². The first kappa shape index (κ1) is 28.4. The van der Waals surface area contributed by atoms with Gasteiger partial charge >= 0.3 is 0 Å². The van der Waals surface area contributed by atoms with Crippen molar-refractivity contribution in [2.75, 3.05) is 5.32 Å². The molecule has 0 aliphatic heterocycles. The van der Waals surface area contributed by atoms with Crippen LogP contribution < -0.4 is 16.0 Å². The van der Waals surface area contributed by atoms with Crippen LogP contribution in [-0.4, -0.2) is 33.6 Å². The molecule has 2 aliphatic rings. The van der Waals surface area contributed by atoms with Gasteiger partial charge in [-0.3, -0.25) is 4.79 Å². The van der Waals surface area contributed by atoms with Crippen LogP contribution in [0.1, 0.15) is 75.5 Å². The summed E-state index contributed by atoms with van der Waals surface area (Å²) in [7, 11) is 0.